The molecule has 1 saturated carbocycles. The number of piperidine rings is 1. The molecule has 1 aliphatic carbocycles. The molecule has 2 saturated heterocycles. The second-order valence-corrected chi connectivity index (χ2v) is 11.5. The Bertz CT molecular complexity index is 1260. The summed E-state index contributed by atoms with van der Waals surface area (Å²) in [5.74, 6) is 0.776. The van der Waals surface area contributed by atoms with Gasteiger partial charge in [0.25, 0.3) is 0 Å². The highest BCUT2D eigenvalue weighted by Gasteiger charge is 2.51. The monoisotopic (exact) mass is 473 g/mol. The van der Waals surface area contributed by atoms with Gasteiger partial charge in [-0.05, 0) is 64.5 Å². The maximum Gasteiger partial charge on any atom is 0.245 e. The molecule has 4 heterocycles. The molecular weight excluding hydrogens is 446 g/mol. The molecular formula is C25H27N7OS. The Morgan fingerprint density at radius 3 is 2.44 bits per heavy atom. The molecule has 2 bridgehead atoms. The lowest BCUT2D eigenvalue weighted by Gasteiger charge is -2.46. The molecule has 34 heavy (non-hydrogen) atoms. The largest absolute Gasteiger partial charge is 0.507 e. The number of phenols is 1. The number of thiazole rings is 1. The number of nitrogens with zero attached hydrogens (tertiary/aromatic N) is 6. The van der Waals surface area contributed by atoms with Gasteiger partial charge in [0.15, 0.2) is 0 Å². The van der Waals surface area contributed by atoms with Gasteiger partial charge in [-0.2, -0.15) is 5.26 Å². The Morgan fingerprint density at radius 1 is 1.09 bits per heavy atom. The van der Waals surface area contributed by atoms with E-state index in [2.05, 4.69) is 45.3 Å². The summed E-state index contributed by atoms with van der Waals surface area (Å²) in [6.45, 7) is 4.69. The molecule has 0 radical (unpaired) electrons. The molecule has 3 fully saturated rings. The molecule has 8 nitrogen and oxygen atoms in total. The van der Waals surface area contributed by atoms with Crippen LogP contribution in [0.5, 0.6) is 5.75 Å². The van der Waals surface area contributed by atoms with Gasteiger partial charge in [0.05, 0.1) is 12.4 Å². The van der Waals surface area contributed by atoms with Crippen molar-refractivity contribution in [3.63, 3.8) is 0 Å². The number of nitrogens with one attached hydrogen (secondary N) is 1. The number of rotatable bonds is 5. The average molecular weight is 474 g/mol. The van der Waals surface area contributed by atoms with Crippen molar-refractivity contribution in [3.8, 4) is 33.6 Å². The topological polar surface area (TPSA) is 111 Å². The quantitative estimate of drug-likeness (QED) is 0.565. The zero-order chi connectivity index (χ0) is 23.5. The van der Waals surface area contributed by atoms with Crippen LogP contribution in [-0.2, 0) is 0 Å². The molecule has 0 spiro atoms. The summed E-state index contributed by atoms with van der Waals surface area (Å²) in [6, 6.07) is 8.30. The number of benzene rings is 1. The maximum absolute atomic E-state index is 10.7. The molecule has 3 atom stereocenters. The molecule has 174 valence electrons. The van der Waals surface area contributed by atoms with Crippen molar-refractivity contribution >= 4 is 17.3 Å². The summed E-state index contributed by atoms with van der Waals surface area (Å²) in [6.07, 6.45) is 10.2. The number of anilines is 1. The van der Waals surface area contributed by atoms with Gasteiger partial charge >= 0.3 is 0 Å². The summed E-state index contributed by atoms with van der Waals surface area (Å²) in [4.78, 5) is 11.9. The van der Waals surface area contributed by atoms with Crippen molar-refractivity contribution in [2.24, 2.45) is 0 Å². The first-order chi connectivity index (χ1) is 16.3. The van der Waals surface area contributed by atoms with Crippen molar-refractivity contribution < 1.29 is 5.11 Å². The molecule has 9 heteroatoms. The fourth-order valence-corrected chi connectivity index (χ4v) is 6.56. The summed E-state index contributed by atoms with van der Waals surface area (Å²) in [5, 5.41) is 33.2. The van der Waals surface area contributed by atoms with Crippen LogP contribution in [-0.4, -0.2) is 48.4 Å². The number of hydrogen-bond acceptors (Lipinski definition) is 9. The minimum atomic E-state index is 0.0879. The lowest BCUT2D eigenvalue weighted by atomic mass is 9.84. The van der Waals surface area contributed by atoms with Crippen LogP contribution in [0.25, 0.3) is 21.8 Å². The maximum atomic E-state index is 10.7. The van der Waals surface area contributed by atoms with Gasteiger partial charge in [0, 0.05) is 34.3 Å². The van der Waals surface area contributed by atoms with Gasteiger partial charge in [0.1, 0.15) is 27.4 Å². The highest BCUT2D eigenvalue weighted by Crippen LogP contribution is 2.46. The molecule has 0 unspecified atom stereocenters. The van der Waals surface area contributed by atoms with Crippen LogP contribution in [0.1, 0.15) is 57.2 Å². The summed E-state index contributed by atoms with van der Waals surface area (Å²) in [5.41, 5.74) is 2.22. The fraction of sp³-hybridized carbons (Fsp3) is 0.480. The van der Waals surface area contributed by atoms with E-state index in [1.165, 1.54) is 37.0 Å². The van der Waals surface area contributed by atoms with Crippen molar-refractivity contribution in [2.45, 2.75) is 75.5 Å². The van der Waals surface area contributed by atoms with E-state index in [1.54, 1.807) is 24.5 Å². The molecule has 3 aliphatic rings. The van der Waals surface area contributed by atoms with Crippen LogP contribution in [0.4, 0.5) is 5.95 Å². The van der Waals surface area contributed by atoms with E-state index in [0.717, 1.165) is 18.4 Å². The van der Waals surface area contributed by atoms with Crippen molar-refractivity contribution in [3.05, 3.63) is 35.5 Å². The van der Waals surface area contributed by atoms with Crippen LogP contribution in [0.2, 0.25) is 0 Å². The van der Waals surface area contributed by atoms with Crippen LogP contribution in [0, 0.1) is 11.3 Å². The van der Waals surface area contributed by atoms with Gasteiger partial charge in [0.2, 0.25) is 5.95 Å². The van der Waals surface area contributed by atoms with Crippen molar-refractivity contribution in [1.82, 2.24) is 25.5 Å². The van der Waals surface area contributed by atoms with Crippen LogP contribution < -0.4 is 10.2 Å². The van der Waals surface area contributed by atoms with Crippen LogP contribution in [0.3, 0.4) is 0 Å². The van der Waals surface area contributed by atoms with E-state index in [1.807, 2.05) is 6.07 Å². The van der Waals surface area contributed by atoms with Crippen LogP contribution in [0.15, 0.2) is 30.6 Å². The molecule has 1 aromatic carbocycles. The predicted octanol–water partition coefficient (Wildman–Crippen LogP) is 4.27. The third kappa shape index (κ3) is 3.81. The Balaban J connectivity index is 1.26. The summed E-state index contributed by atoms with van der Waals surface area (Å²) in [7, 11) is 0. The predicted molar refractivity (Wildman–Crippen MR) is 130 cm³/mol. The zero-order valence-electron chi connectivity index (χ0n) is 19.3. The SMILES string of the molecule is C[C@]12CC[C@](C)(C[C@@H](N(c3ncc(-c4ccc(-c5ncc(C#N)s5)cc4O)nn3)C3CC3)C1)N2. The van der Waals surface area contributed by atoms with Gasteiger partial charge in [-0.25, -0.2) is 9.97 Å². The molecule has 2 N–H and O–H groups in total. The first-order valence-electron chi connectivity index (χ1n) is 11.8. The summed E-state index contributed by atoms with van der Waals surface area (Å²) >= 11 is 1.29. The number of fused-ring (bicyclic) bond motifs is 2. The number of aromatic hydroxyl groups is 1. The smallest absolute Gasteiger partial charge is 0.245 e. The second-order valence-electron chi connectivity index (χ2n) is 10.5. The average Bonchev–Trinajstić information content (AvgIpc) is 3.46. The first kappa shape index (κ1) is 21.4. The van der Waals surface area contributed by atoms with E-state index < -0.39 is 0 Å². The molecule has 2 aromatic heterocycles. The van der Waals surface area contributed by atoms with Crippen molar-refractivity contribution in [1.29, 1.82) is 5.26 Å². The third-order valence-corrected chi connectivity index (χ3v) is 8.41. The third-order valence-electron chi connectivity index (χ3n) is 7.46. The van der Waals surface area contributed by atoms with Crippen LogP contribution >= 0.6 is 11.3 Å². The van der Waals surface area contributed by atoms with E-state index in [0.29, 0.717) is 39.2 Å². The lowest BCUT2D eigenvalue weighted by Crippen LogP contribution is -2.59. The van der Waals surface area contributed by atoms with Gasteiger partial charge in [-0.1, -0.05) is 6.07 Å². The zero-order valence-corrected chi connectivity index (χ0v) is 20.1. The number of hydrogen-bond donors (Lipinski definition) is 2. The lowest BCUT2D eigenvalue weighted by molar-refractivity contribution is 0.203. The van der Waals surface area contributed by atoms with Gasteiger partial charge in [-0.3, -0.25) is 0 Å². The Hall–Kier alpha value is -3.09. The highest BCUT2D eigenvalue weighted by atomic mass is 32.1. The van der Waals surface area contributed by atoms with Gasteiger partial charge in [-0.15, -0.1) is 21.5 Å². The molecule has 3 aromatic rings. The Kier molecular flexibility index (Phi) is 4.87. The minimum absolute atomic E-state index is 0.0879. The number of phenolic OH excluding ortho intramolecular Hbond substituents is 1. The Labute approximate surface area is 202 Å². The highest BCUT2D eigenvalue weighted by molar-refractivity contribution is 7.15. The molecule has 2 aliphatic heterocycles. The van der Waals surface area contributed by atoms with Gasteiger partial charge < -0.3 is 15.3 Å². The second kappa shape index (κ2) is 7.72. The number of aromatic nitrogens is 4. The van der Waals surface area contributed by atoms with E-state index in [-0.39, 0.29) is 16.8 Å². The molecule has 0 amide bonds. The standard InChI is InChI=1S/C25H27N7OS/c1-24-7-8-25(2,31-24)11-17(10-24)32(16-4-5-16)23-28-14-20(29-30-23)19-6-3-15(9-21(19)33)22-27-13-18(12-26)34-22/h3,6,9,13-14,16-17,31,33H,4-5,7-8,10-11H2,1-2H3/t17-,24-,25+. The van der Waals surface area contributed by atoms with E-state index in [9.17, 15) is 5.11 Å². The van der Waals surface area contributed by atoms with E-state index >= 15 is 0 Å². The van der Waals surface area contributed by atoms with Crippen molar-refractivity contribution in [2.75, 3.05) is 4.90 Å². The minimum Gasteiger partial charge on any atom is -0.507 e. The normalized spacial score (nSPS) is 28.0. The Morgan fingerprint density at radius 2 is 1.85 bits per heavy atom. The number of nitriles is 1. The van der Waals surface area contributed by atoms with E-state index in [4.69, 9.17) is 10.2 Å². The molecule has 6 rings (SSSR count). The first-order valence-corrected chi connectivity index (χ1v) is 12.6. The fourth-order valence-electron chi connectivity index (χ4n) is 5.85. The summed E-state index contributed by atoms with van der Waals surface area (Å²) < 4.78 is 0.